The van der Waals surface area contributed by atoms with Crippen LogP contribution in [0.1, 0.15) is 26.2 Å². The lowest BCUT2D eigenvalue weighted by atomic mass is 10.1. The molecule has 1 aliphatic heterocycles. The summed E-state index contributed by atoms with van der Waals surface area (Å²) in [7, 11) is -3.52. The van der Waals surface area contributed by atoms with Crippen LogP contribution in [-0.4, -0.2) is 44.0 Å². The first-order valence-electron chi connectivity index (χ1n) is 6.84. The van der Waals surface area contributed by atoms with Crippen molar-refractivity contribution in [1.82, 2.24) is 14.6 Å². The highest BCUT2D eigenvalue weighted by Gasteiger charge is 2.20. The van der Waals surface area contributed by atoms with Gasteiger partial charge < -0.3 is 0 Å². The van der Waals surface area contributed by atoms with Crippen molar-refractivity contribution in [2.45, 2.75) is 37.1 Å². The van der Waals surface area contributed by atoms with E-state index in [0.717, 1.165) is 13.1 Å². The minimum Gasteiger partial charge on any atom is -0.299 e. The van der Waals surface area contributed by atoms with Crippen molar-refractivity contribution < 1.29 is 8.42 Å². The number of halogens is 1. The number of hydrogen-bond donors (Lipinski definition) is 1. The third-order valence-corrected chi connectivity index (χ3v) is 5.22. The minimum absolute atomic E-state index is 0.156. The molecular formula is C13H20ClN3O2S. The van der Waals surface area contributed by atoms with Gasteiger partial charge in [0.25, 0.3) is 0 Å². The molecule has 2 rings (SSSR count). The van der Waals surface area contributed by atoms with E-state index in [1.807, 2.05) is 6.92 Å². The van der Waals surface area contributed by atoms with E-state index in [0.29, 0.717) is 6.54 Å². The molecule has 0 saturated carbocycles. The smallest absolute Gasteiger partial charge is 0.240 e. The first-order valence-corrected chi connectivity index (χ1v) is 8.70. The van der Waals surface area contributed by atoms with Crippen LogP contribution in [0.2, 0.25) is 5.15 Å². The Morgan fingerprint density at radius 1 is 1.40 bits per heavy atom. The lowest BCUT2D eigenvalue weighted by Crippen LogP contribution is -2.44. The summed E-state index contributed by atoms with van der Waals surface area (Å²) < 4.78 is 27.0. The molecular weight excluding hydrogens is 298 g/mol. The first-order chi connectivity index (χ1) is 9.49. The summed E-state index contributed by atoms with van der Waals surface area (Å²) in [6.07, 6.45) is 5.05. The van der Waals surface area contributed by atoms with E-state index in [1.165, 1.54) is 37.6 Å². The molecule has 1 aromatic heterocycles. The van der Waals surface area contributed by atoms with Crippen molar-refractivity contribution >= 4 is 21.6 Å². The number of hydrogen-bond acceptors (Lipinski definition) is 4. The molecule has 1 atom stereocenters. The number of nitrogens with zero attached hydrogens (tertiary/aromatic N) is 2. The van der Waals surface area contributed by atoms with Crippen LogP contribution in [0.5, 0.6) is 0 Å². The SMILES string of the molecule is CC(CNS(=O)(=O)c1ccnc(Cl)c1)N1CCCCC1. The number of piperidine rings is 1. The lowest BCUT2D eigenvalue weighted by molar-refractivity contribution is 0.175. The number of pyridine rings is 1. The van der Waals surface area contributed by atoms with Gasteiger partial charge in [0.05, 0.1) is 4.90 Å². The van der Waals surface area contributed by atoms with Gasteiger partial charge in [-0.2, -0.15) is 0 Å². The Morgan fingerprint density at radius 3 is 2.75 bits per heavy atom. The van der Waals surface area contributed by atoms with Crippen molar-refractivity contribution in [3.05, 3.63) is 23.5 Å². The van der Waals surface area contributed by atoms with Crippen molar-refractivity contribution in [2.75, 3.05) is 19.6 Å². The van der Waals surface area contributed by atoms with Gasteiger partial charge >= 0.3 is 0 Å². The van der Waals surface area contributed by atoms with Gasteiger partial charge in [0, 0.05) is 18.8 Å². The third kappa shape index (κ3) is 4.15. The van der Waals surface area contributed by atoms with Gasteiger partial charge in [-0.05, 0) is 45.0 Å². The molecule has 5 nitrogen and oxygen atoms in total. The third-order valence-electron chi connectivity index (χ3n) is 3.59. The number of aromatic nitrogens is 1. The highest BCUT2D eigenvalue weighted by Crippen LogP contribution is 2.14. The summed E-state index contributed by atoms with van der Waals surface area (Å²) in [5, 5.41) is 0.178. The maximum atomic E-state index is 12.2. The van der Waals surface area contributed by atoms with Gasteiger partial charge in [0.15, 0.2) is 0 Å². The standard InChI is InChI=1S/C13H20ClN3O2S/c1-11(17-7-3-2-4-8-17)10-16-20(18,19)12-5-6-15-13(14)9-12/h5-6,9,11,16H,2-4,7-8,10H2,1H3. The van der Waals surface area contributed by atoms with Crippen molar-refractivity contribution in [3.8, 4) is 0 Å². The maximum Gasteiger partial charge on any atom is 0.240 e. The van der Waals surface area contributed by atoms with Gasteiger partial charge in [-0.3, -0.25) is 4.90 Å². The quantitative estimate of drug-likeness (QED) is 0.842. The van der Waals surface area contributed by atoms with Gasteiger partial charge in [-0.15, -0.1) is 0 Å². The molecule has 1 N–H and O–H groups in total. The van der Waals surface area contributed by atoms with E-state index in [9.17, 15) is 8.42 Å². The van der Waals surface area contributed by atoms with Crippen LogP contribution in [0.15, 0.2) is 23.2 Å². The van der Waals surface area contributed by atoms with Crippen molar-refractivity contribution in [1.29, 1.82) is 0 Å². The zero-order valence-corrected chi connectivity index (χ0v) is 13.1. The average molecular weight is 318 g/mol. The second kappa shape index (κ2) is 6.85. The molecule has 0 amide bonds. The summed E-state index contributed by atoms with van der Waals surface area (Å²) in [6, 6.07) is 3.00. The largest absolute Gasteiger partial charge is 0.299 e. The van der Waals surface area contributed by atoms with Crippen LogP contribution in [0, 0.1) is 0 Å². The second-order valence-corrected chi connectivity index (χ2v) is 7.27. The van der Waals surface area contributed by atoms with E-state index >= 15 is 0 Å². The van der Waals surface area contributed by atoms with E-state index in [4.69, 9.17) is 11.6 Å². The first kappa shape index (κ1) is 15.7. The molecule has 1 aromatic rings. The fourth-order valence-electron chi connectivity index (χ4n) is 2.35. The van der Waals surface area contributed by atoms with Crippen molar-refractivity contribution in [2.24, 2.45) is 0 Å². The summed E-state index contributed by atoms with van der Waals surface area (Å²) in [5.74, 6) is 0. The predicted octanol–water partition coefficient (Wildman–Crippen LogP) is 1.89. The molecule has 0 radical (unpaired) electrons. The number of nitrogens with one attached hydrogen (secondary N) is 1. The molecule has 0 aromatic carbocycles. The Bertz CT molecular complexity index is 544. The molecule has 0 aliphatic carbocycles. The predicted molar refractivity (Wildman–Crippen MR) is 79.3 cm³/mol. The van der Waals surface area contributed by atoms with Crippen LogP contribution in [0.25, 0.3) is 0 Å². The molecule has 20 heavy (non-hydrogen) atoms. The molecule has 1 aliphatic rings. The van der Waals surface area contributed by atoms with E-state index in [-0.39, 0.29) is 16.1 Å². The Balaban J connectivity index is 1.95. The molecule has 0 spiro atoms. The molecule has 1 unspecified atom stereocenters. The second-order valence-electron chi connectivity index (χ2n) is 5.11. The van der Waals surface area contributed by atoms with Gasteiger partial charge in [-0.1, -0.05) is 18.0 Å². The van der Waals surface area contributed by atoms with Crippen molar-refractivity contribution in [3.63, 3.8) is 0 Å². The monoisotopic (exact) mass is 317 g/mol. The molecule has 0 bridgehead atoms. The summed E-state index contributed by atoms with van der Waals surface area (Å²) in [4.78, 5) is 6.27. The summed E-state index contributed by atoms with van der Waals surface area (Å²) >= 11 is 5.72. The highest BCUT2D eigenvalue weighted by molar-refractivity contribution is 7.89. The lowest BCUT2D eigenvalue weighted by Gasteiger charge is -2.32. The van der Waals surface area contributed by atoms with Crippen LogP contribution in [-0.2, 0) is 10.0 Å². The zero-order valence-electron chi connectivity index (χ0n) is 11.5. The fraction of sp³-hybridized carbons (Fsp3) is 0.615. The van der Waals surface area contributed by atoms with Crippen LogP contribution in [0.4, 0.5) is 0 Å². The molecule has 1 fully saturated rings. The van der Waals surface area contributed by atoms with E-state index in [1.54, 1.807) is 0 Å². The Hall–Kier alpha value is -0.690. The minimum atomic E-state index is -3.52. The zero-order chi connectivity index (χ0) is 14.6. The van der Waals surface area contributed by atoms with Gasteiger partial charge in [-0.25, -0.2) is 18.1 Å². The van der Waals surface area contributed by atoms with Gasteiger partial charge in [0.2, 0.25) is 10.0 Å². The normalized spacial score (nSPS) is 18.9. The van der Waals surface area contributed by atoms with Crippen LogP contribution >= 0.6 is 11.6 Å². The van der Waals surface area contributed by atoms with E-state index in [2.05, 4.69) is 14.6 Å². The average Bonchev–Trinajstić information content (AvgIpc) is 2.46. The molecule has 1 saturated heterocycles. The van der Waals surface area contributed by atoms with Gasteiger partial charge in [0.1, 0.15) is 5.15 Å². The Morgan fingerprint density at radius 2 is 2.10 bits per heavy atom. The number of rotatable bonds is 5. The maximum absolute atomic E-state index is 12.2. The van der Waals surface area contributed by atoms with Crippen LogP contribution in [0.3, 0.4) is 0 Å². The number of sulfonamides is 1. The number of likely N-dealkylation sites (tertiary alicyclic amines) is 1. The Labute approximate surface area is 125 Å². The van der Waals surface area contributed by atoms with Crippen LogP contribution < -0.4 is 4.72 Å². The Kier molecular flexibility index (Phi) is 5.37. The summed E-state index contributed by atoms with van der Waals surface area (Å²) in [5.41, 5.74) is 0. The molecule has 7 heteroatoms. The topological polar surface area (TPSA) is 62.3 Å². The highest BCUT2D eigenvalue weighted by atomic mass is 35.5. The molecule has 2 heterocycles. The summed E-state index contributed by atoms with van der Waals surface area (Å²) in [6.45, 7) is 4.55. The van der Waals surface area contributed by atoms with E-state index < -0.39 is 10.0 Å². The molecule has 112 valence electrons. The fourth-order valence-corrected chi connectivity index (χ4v) is 3.73.